The van der Waals surface area contributed by atoms with Gasteiger partial charge in [-0.05, 0) is 72.2 Å². The van der Waals surface area contributed by atoms with E-state index < -0.39 is 0 Å². The third-order valence-corrected chi connectivity index (χ3v) is 6.17. The molecule has 0 bridgehead atoms. The number of anilines is 2. The number of benzene rings is 2. The standard InChI is InChI=1S/C25H34N2O2.C3H8/c1-7-25(4,5)15-23(28)26-24-17(2)12-21(13-18(24)3)27-11-10-19-14-22(29-6)9-8-20(19)16-27;1-3-2/h8-9,12-14H,7,10-11,15-16H2,1-6H3,(H,26,28);3H2,1-2H3. The first-order chi connectivity index (χ1) is 15.1. The van der Waals surface area contributed by atoms with Crippen LogP contribution in [0, 0.1) is 19.3 Å². The lowest BCUT2D eigenvalue weighted by molar-refractivity contribution is -0.118. The minimum atomic E-state index is 0.0235. The molecule has 0 saturated carbocycles. The number of hydrogen-bond donors (Lipinski definition) is 1. The van der Waals surface area contributed by atoms with Crippen molar-refractivity contribution in [3.05, 3.63) is 52.6 Å². The lowest BCUT2D eigenvalue weighted by atomic mass is 9.86. The number of ether oxygens (including phenoxy) is 1. The number of amides is 1. The highest BCUT2D eigenvalue weighted by Crippen LogP contribution is 2.32. The van der Waals surface area contributed by atoms with Crippen LogP contribution in [0.1, 0.15) is 76.1 Å². The van der Waals surface area contributed by atoms with E-state index in [2.05, 4.69) is 82.9 Å². The van der Waals surface area contributed by atoms with Gasteiger partial charge in [-0.3, -0.25) is 4.79 Å². The zero-order valence-corrected chi connectivity index (χ0v) is 21.4. The van der Waals surface area contributed by atoms with Crippen LogP contribution in [0.2, 0.25) is 0 Å². The summed E-state index contributed by atoms with van der Waals surface area (Å²) < 4.78 is 5.36. The lowest BCUT2D eigenvalue weighted by Gasteiger charge is -2.32. The molecular formula is C28H42N2O2. The Morgan fingerprint density at radius 1 is 1.06 bits per heavy atom. The van der Waals surface area contributed by atoms with E-state index in [0.717, 1.165) is 48.5 Å². The highest BCUT2D eigenvalue weighted by Gasteiger charge is 2.22. The van der Waals surface area contributed by atoms with Crippen molar-refractivity contribution < 1.29 is 9.53 Å². The molecule has 2 aromatic carbocycles. The molecule has 0 aliphatic carbocycles. The molecule has 3 rings (SSSR count). The van der Waals surface area contributed by atoms with Crippen LogP contribution in [0.4, 0.5) is 11.4 Å². The Balaban J connectivity index is 0.00000114. The molecule has 0 aromatic heterocycles. The van der Waals surface area contributed by atoms with Crippen LogP contribution in [0.25, 0.3) is 0 Å². The van der Waals surface area contributed by atoms with E-state index in [1.54, 1.807) is 7.11 Å². The molecule has 1 aliphatic rings. The van der Waals surface area contributed by atoms with Gasteiger partial charge >= 0.3 is 0 Å². The second-order valence-corrected chi connectivity index (χ2v) is 9.71. The zero-order chi connectivity index (χ0) is 23.9. The number of aryl methyl sites for hydroxylation is 2. The van der Waals surface area contributed by atoms with Gasteiger partial charge in [0.05, 0.1) is 7.11 Å². The van der Waals surface area contributed by atoms with Crippen molar-refractivity contribution >= 4 is 17.3 Å². The minimum Gasteiger partial charge on any atom is -0.497 e. The van der Waals surface area contributed by atoms with Crippen LogP contribution in [-0.4, -0.2) is 19.6 Å². The van der Waals surface area contributed by atoms with Crippen molar-refractivity contribution in [3.8, 4) is 5.75 Å². The smallest absolute Gasteiger partial charge is 0.224 e. The highest BCUT2D eigenvalue weighted by molar-refractivity contribution is 5.93. The number of nitrogens with one attached hydrogen (secondary N) is 1. The summed E-state index contributed by atoms with van der Waals surface area (Å²) in [5.74, 6) is 1.02. The fraction of sp³-hybridized carbons (Fsp3) is 0.536. The Morgan fingerprint density at radius 3 is 2.25 bits per heavy atom. The Bertz CT molecular complexity index is 895. The Hall–Kier alpha value is -2.49. The quantitative estimate of drug-likeness (QED) is 0.525. The molecule has 4 nitrogen and oxygen atoms in total. The monoisotopic (exact) mass is 438 g/mol. The van der Waals surface area contributed by atoms with E-state index in [9.17, 15) is 4.79 Å². The van der Waals surface area contributed by atoms with Gasteiger partial charge in [0, 0.05) is 30.9 Å². The summed E-state index contributed by atoms with van der Waals surface area (Å²) in [6.45, 7) is 16.7. The van der Waals surface area contributed by atoms with E-state index in [1.165, 1.54) is 23.2 Å². The summed E-state index contributed by atoms with van der Waals surface area (Å²) in [5.41, 5.74) is 7.14. The largest absolute Gasteiger partial charge is 0.497 e. The molecule has 0 atom stereocenters. The van der Waals surface area contributed by atoms with Crippen molar-refractivity contribution in [2.75, 3.05) is 23.9 Å². The molecule has 0 saturated heterocycles. The summed E-state index contributed by atoms with van der Waals surface area (Å²) in [6, 6.07) is 10.8. The predicted octanol–water partition coefficient (Wildman–Crippen LogP) is 7.06. The molecule has 4 heteroatoms. The van der Waals surface area contributed by atoms with Crippen LogP contribution >= 0.6 is 0 Å². The average Bonchev–Trinajstić information content (AvgIpc) is 2.75. The number of nitrogens with zero attached hydrogens (tertiary/aromatic N) is 1. The van der Waals surface area contributed by atoms with Crippen molar-refractivity contribution in [3.63, 3.8) is 0 Å². The summed E-state index contributed by atoms with van der Waals surface area (Å²) in [4.78, 5) is 15.0. The first-order valence-electron chi connectivity index (χ1n) is 12.0. The fourth-order valence-corrected chi connectivity index (χ4v) is 3.94. The van der Waals surface area contributed by atoms with Gasteiger partial charge in [0.1, 0.15) is 5.75 Å². The Labute approximate surface area is 195 Å². The topological polar surface area (TPSA) is 41.6 Å². The molecule has 0 unspecified atom stereocenters. The molecule has 1 amide bonds. The molecule has 0 fully saturated rings. The van der Waals surface area contributed by atoms with Gasteiger partial charge in [0.25, 0.3) is 0 Å². The van der Waals surface area contributed by atoms with E-state index in [1.807, 2.05) is 6.07 Å². The van der Waals surface area contributed by atoms with Gasteiger partial charge in [-0.15, -0.1) is 0 Å². The van der Waals surface area contributed by atoms with Crippen LogP contribution in [0.15, 0.2) is 30.3 Å². The average molecular weight is 439 g/mol. The molecule has 0 spiro atoms. The maximum Gasteiger partial charge on any atom is 0.224 e. The molecule has 2 aromatic rings. The number of carbonyl (C=O) groups is 1. The van der Waals surface area contributed by atoms with E-state index in [-0.39, 0.29) is 11.3 Å². The molecule has 0 radical (unpaired) electrons. The van der Waals surface area contributed by atoms with Crippen LogP contribution in [0.3, 0.4) is 0 Å². The fourth-order valence-electron chi connectivity index (χ4n) is 3.94. The summed E-state index contributed by atoms with van der Waals surface area (Å²) in [5, 5.41) is 3.16. The maximum absolute atomic E-state index is 12.5. The number of carbonyl (C=O) groups excluding carboxylic acids is 1. The lowest BCUT2D eigenvalue weighted by Crippen LogP contribution is -2.30. The maximum atomic E-state index is 12.5. The molecule has 176 valence electrons. The van der Waals surface area contributed by atoms with Crippen LogP contribution in [-0.2, 0) is 17.8 Å². The second-order valence-electron chi connectivity index (χ2n) is 9.71. The summed E-state index contributed by atoms with van der Waals surface area (Å²) in [7, 11) is 1.71. The van der Waals surface area contributed by atoms with E-state index in [0.29, 0.717) is 6.42 Å². The van der Waals surface area contributed by atoms with Gasteiger partial charge in [-0.25, -0.2) is 0 Å². The Morgan fingerprint density at radius 2 is 1.69 bits per heavy atom. The molecule has 32 heavy (non-hydrogen) atoms. The van der Waals surface area contributed by atoms with Gasteiger partial charge < -0.3 is 15.0 Å². The van der Waals surface area contributed by atoms with Gasteiger partial charge in [0.2, 0.25) is 5.91 Å². The zero-order valence-electron chi connectivity index (χ0n) is 21.4. The van der Waals surface area contributed by atoms with Crippen LogP contribution < -0.4 is 15.0 Å². The third kappa shape index (κ3) is 6.75. The third-order valence-electron chi connectivity index (χ3n) is 6.17. The van der Waals surface area contributed by atoms with Gasteiger partial charge in [0.15, 0.2) is 0 Å². The summed E-state index contributed by atoms with van der Waals surface area (Å²) >= 11 is 0. The predicted molar refractivity (Wildman–Crippen MR) is 137 cm³/mol. The van der Waals surface area contributed by atoms with Gasteiger partial charge in [-0.2, -0.15) is 0 Å². The first kappa shape index (κ1) is 25.8. The molecule has 1 N–H and O–H groups in total. The van der Waals surface area contributed by atoms with Crippen molar-refractivity contribution in [2.24, 2.45) is 5.41 Å². The number of rotatable bonds is 6. The Kier molecular flexibility index (Phi) is 9.18. The second kappa shape index (κ2) is 11.4. The minimum absolute atomic E-state index is 0.0235. The molecule has 1 aliphatic heterocycles. The summed E-state index contributed by atoms with van der Waals surface area (Å²) in [6.07, 6.45) is 3.78. The van der Waals surface area contributed by atoms with E-state index in [4.69, 9.17) is 4.74 Å². The van der Waals surface area contributed by atoms with Crippen molar-refractivity contribution in [1.82, 2.24) is 0 Å². The molecular weight excluding hydrogens is 396 g/mol. The highest BCUT2D eigenvalue weighted by atomic mass is 16.5. The number of methoxy groups -OCH3 is 1. The van der Waals surface area contributed by atoms with Gasteiger partial charge in [-0.1, -0.05) is 53.5 Å². The van der Waals surface area contributed by atoms with E-state index >= 15 is 0 Å². The first-order valence-corrected chi connectivity index (χ1v) is 12.0. The number of hydrogen-bond acceptors (Lipinski definition) is 3. The molecule has 1 heterocycles. The van der Waals surface area contributed by atoms with Crippen molar-refractivity contribution in [1.29, 1.82) is 0 Å². The van der Waals surface area contributed by atoms with Crippen molar-refractivity contribution in [2.45, 2.75) is 80.7 Å². The normalized spacial score (nSPS) is 13.1. The number of fused-ring (bicyclic) bond motifs is 1. The SMILES string of the molecule is CCC.CCC(C)(C)CC(=O)Nc1c(C)cc(N2CCc3cc(OC)ccc3C2)cc1C. The van der Waals surface area contributed by atoms with Crippen LogP contribution in [0.5, 0.6) is 5.75 Å².